The fourth-order valence-corrected chi connectivity index (χ4v) is 8.42. The number of carbonyl (C=O) groups is 1. The van der Waals surface area contributed by atoms with Gasteiger partial charge in [-0.1, -0.05) is 36.4 Å². The lowest BCUT2D eigenvalue weighted by Gasteiger charge is -2.16. The van der Waals surface area contributed by atoms with Crippen LogP contribution >= 0.6 is 22.7 Å². The molecule has 1 aliphatic heterocycles. The van der Waals surface area contributed by atoms with Gasteiger partial charge in [0.05, 0.1) is 37.2 Å². The maximum atomic E-state index is 15.9. The molecule has 0 bridgehead atoms. The first-order valence-electron chi connectivity index (χ1n) is 14.0. The van der Waals surface area contributed by atoms with Crippen molar-refractivity contribution >= 4 is 49.8 Å². The quantitative estimate of drug-likeness (QED) is 0.209. The van der Waals surface area contributed by atoms with Gasteiger partial charge in [0, 0.05) is 35.7 Å². The molecule has 4 aromatic heterocycles. The zero-order chi connectivity index (χ0) is 29.1. The predicted octanol–water partition coefficient (Wildman–Crippen LogP) is 8.30. The van der Waals surface area contributed by atoms with Crippen molar-refractivity contribution in [2.24, 2.45) is 7.05 Å². The van der Waals surface area contributed by atoms with Crippen molar-refractivity contribution in [1.82, 2.24) is 19.4 Å². The number of carboxylic acid groups (broad SMARTS) is 1. The molecule has 0 aliphatic carbocycles. The number of benzene rings is 2. The number of pyridine rings is 1. The number of aromatic carboxylic acids is 1. The van der Waals surface area contributed by atoms with Gasteiger partial charge < -0.3 is 9.67 Å². The molecule has 0 amide bonds. The summed E-state index contributed by atoms with van der Waals surface area (Å²) in [4.78, 5) is 25.3. The Hall–Kier alpha value is -3.92. The van der Waals surface area contributed by atoms with Gasteiger partial charge >= 0.3 is 5.97 Å². The molecule has 2 aromatic carbocycles. The van der Waals surface area contributed by atoms with Crippen LogP contribution in [0.5, 0.6) is 0 Å². The van der Waals surface area contributed by atoms with E-state index >= 15 is 4.39 Å². The number of hydrogen-bond acceptors (Lipinski definition) is 6. The molecule has 1 fully saturated rings. The summed E-state index contributed by atoms with van der Waals surface area (Å²) in [6.07, 6.45) is 2.25. The van der Waals surface area contributed by atoms with Gasteiger partial charge in [0.25, 0.3) is 0 Å². The highest BCUT2D eigenvalue weighted by Crippen LogP contribution is 2.47. The summed E-state index contributed by atoms with van der Waals surface area (Å²) in [5, 5.41) is 11.9. The number of thiazole rings is 1. The number of fused-ring (bicyclic) bond motifs is 2. The molecule has 0 saturated carbocycles. The van der Waals surface area contributed by atoms with Crippen LogP contribution < -0.4 is 0 Å². The number of halogens is 1. The molecule has 6 aromatic rings. The van der Waals surface area contributed by atoms with E-state index in [4.69, 9.17) is 4.98 Å². The van der Waals surface area contributed by atoms with E-state index in [1.807, 2.05) is 69.4 Å². The Labute approximate surface area is 250 Å². The monoisotopic (exact) mass is 596 g/mol. The third kappa shape index (κ3) is 4.43. The maximum Gasteiger partial charge on any atom is 0.346 e. The molecule has 212 valence electrons. The summed E-state index contributed by atoms with van der Waals surface area (Å²) < 4.78 is 18.9. The summed E-state index contributed by atoms with van der Waals surface area (Å²) in [5.41, 5.74) is 7.15. The van der Waals surface area contributed by atoms with Gasteiger partial charge in [-0.25, -0.2) is 19.2 Å². The summed E-state index contributed by atoms with van der Waals surface area (Å²) in [6, 6.07) is 17.4. The summed E-state index contributed by atoms with van der Waals surface area (Å²) in [7, 11) is 1.97. The second kappa shape index (κ2) is 10.4. The molecular formula is C33H29FN4O2S2. The van der Waals surface area contributed by atoms with Gasteiger partial charge in [0.15, 0.2) is 0 Å². The van der Waals surface area contributed by atoms with E-state index in [0.717, 1.165) is 79.7 Å². The molecule has 5 heterocycles. The van der Waals surface area contributed by atoms with E-state index in [9.17, 15) is 9.90 Å². The highest BCUT2D eigenvalue weighted by atomic mass is 32.1. The molecular weight excluding hydrogens is 568 g/mol. The number of carboxylic acids is 1. The number of rotatable bonds is 6. The molecule has 0 unspecified atom stereocenters. The fourth-order valence-electron chi connectivity index (χ4n) is 6.29. The lowest BCUT2D eigenvalue weighted by Crippen LogP contribution is -2.20. The fraction of sp³-hybridized carbons (Fsp3) is 0.242. The molecule has 0 radical (unpaired) electrons. The number of aryl methyl sites for hydroxylation is 3. The lowest BCUT2D eigenvalue weighted by molar-refractivity contribution is 0.0700. The smallest absolute Gasteiger partial charge is 0.346 e. The van der Waals surface area contributed by atoms with Gasteiger partial charge in [-0.2, -0.15) is 0 Å². The van der Waals surface area contributed by atoms with Crippen LogP contribution in [0.1, 0.15) is 38.8 Å². The van der Waals surface area contributed by atoms with Gasteiger partial charge in [0.1, 0.15) is 16.2 Å². The third-order valence-corrected chi connectivity index (χ3v) is 10.4. The van der Waals surface area contributed by atoms with Crippen LogP contribution in [0.2, 0.25) is 0 Å². The Balaban J connectivity index is 1.45. The predicted molar refractivity (Wildman–Crippen MR) is 169 cm³/mol. The second-order valence-corrected chi connectivity index (χ2v) is 13.1. The van der Waals surface area contributed by atoms with E-state index in [1.54, 1.807) is 17.4 Å². The molecule has 7 rings (SSSR count). The summed E-state index contributed by atoms with van der Waals surface area (Å²) >= 11 is 2.88. The number of thiophene rings is 1. The summed E-state index contributed by atoms with van der Waals surface area (Å²) in [6.45, 7) is 6.42. The normalized spacial score (nSPS) is 14.0. The topological polar surface area (TPSA) is 71.2 Å². The van der Waals surface area contributed by atoms with E-state index < -0.39 is 11.8 Å². The summed E-state index contributed by atoms with van der Waals surface area (Å²) in [5.74, 6) is -1.30. The zero-order valence-electron chi connectivity index (χ0n) is 23.6. The average molecular weight is 597 g/mol. The molecule has 0 atom stereocenters. The maximum absolute atomic E-state index is 15.9. The van der Waals surface area contributed by atoms with Crippen LogP contribution in [0.4, 0.5) is 4.39 Å². The minimum atomic E-state index is -0.907. The number of nitrogens with zero attached hydrogens (tertiary/aromatic N) is 4. The number of aromatic nitrogens is 3. The number of hydrogen-bond donors (Lipinski definition) is 1. The van der Waals surface area contributed by atoms with Crippen molar-refractivity contribution in [2.75, 3.05) is 13.1 Å². The minimum Gasteiger partial charge on any atom is -0.477 e. The average Bonchev–Trinajstić information content (AvgIpc) is 3.75. The first kappa shape index (κ1) is 26.9. The van der Waals surface area contributed by atoms with Gasteiger partial charge in [-0.05, 0) is 63.5 Å². The first-order chi connectivity index (χ1) is 20.3. The van der Waals surface area contributed by atoms with Crippen LogP contribution in [-0.4, -0.2) is 43.6 Å². The zero-order valence-corrected chi connectivity index (χ0v) is 25.2. The Morgan fingerprint density at radius 2 is 1.76 bits per heavy atom. The Kier molecular flexibility index (Phi) is 6.68. The Bertz CT molecular complexity index is 2000. The molecule has 42 heavy (non-hydrogen) atoms. The molecule has 9 heteroatoms. The first-order valence-corrected chi connectivity index (χ1v) is 15.6. The van der Waals surface area contributed by atoms with Gasteiger partial charge in [-0.15, -0.1) is 22.7 Å². The third-order valence-electron chi connectivity index (χ3n) is 8.11. The highest BCUT2D eigenvalue weighted by Gasteiger charge is 2.29. The number of likely N-dealkylation sites (tertiary alicyclic amines) is 1. The largest absolute Gasteiger partial charge is 0.477 e. The Morgan fingerprint density at radius 1 is 1.00 bits per heavy atom. The van der Waals surface area contributed by atoms with Crippen LogP contribution in [0.3, 0.4) is 0 Å². The lowest BCUT2D eigenvalue weighted by atomic mass is 9.99. The molecule has 1 aliphatic rings. The van der Waals surface area contributed by atoms with Crippen molar-refractivity contribution in [3.8, 4) is 33.0 Å². The standard InChI is InChI=1S/C33H29FN4O2S2/c1-18-30(41-19(2)35-18)25-12-11-21-15-22(16-24(34)27(21)36-25)28-26(20-9-5-4-6-10-20)32-29(37(28)3)23(31(42-32)33(39)40)17-38-13-7-8-14-38/h4-6,9-12,15-16H,7-8,13-14,17H2,1-3H3,(H,39,40). The van der Waals surface area contributed by atoms with Gasteiger partial charge in [-0.3, -0.25) is 4.90 Å². The molecule has 1 N–H and O–H groups in total. The van der Waals surface area contributed by atoms with Crippen molar-refractivity contribution in [3.63, 3.8) is 0 Å². The van der Waals surface area contributed by atoms with E-state index in [0.29, 0.717) is 28.0 Å². The highest BCUT2D eigenvalue weighted by molar-refractivity contribution is 7.21. The van der Waals surface area contributed by atoms with Crippen LogP contribution in [0, 0.1) is 19.7 Å². The van der Waals surface area contributed by atoms with Crippen LogP contribution in [0.15, 0.2) is 54.6 Å². The SMILES string of the molecule is Cc1nc(C)c(-c2ccc3cc(-c4c(-c5ccccc5)c5sc(C(=O)O)c(CN6CCCC6)c5n4C)cc(F)c3n2)s1. The van der Waals surface area contributed by atoms with Crippen molar-refractivity contribution in [3.05, 3.63) is 81.6 Å². The van der Waals surface area contributed by atoms with Crippen molar-refractivity contribution < 1.29 is 14.3 Å². The van der Waals surface area contributed by atoms with Gasteiger partial charge in [0.2, 0.25) is 0 Å². The van der Waals surface area contributed by atoms with E-state index in [1.165, 1.54) is 11.3 Å². The van der Waals surface area contributed by atoms with Crippen molar-refractivity contribution in [2.45, 2.75) is 33.2 Å². The van der Waals surface area contributed by atoms with Crippen LogP contribution in [-0.2, 0) is 13.6 Å². The Morgan fingerprint density at radius 3 is 2.45 bits per heavy atom. The molecule has 0 spiro atoms. The van der Waals surface area contributed by atoms with Crippen LogP contribution in [0.25, 0.3) is 54.1 Å². The minimum absolute atomic E-state index is 0.321. The molecule has 6 nitrogen and oxygen atoms in total. The van der Waals surface area contributed by atoms with E-state index in [-0.39, 0.29) is 0 Å². The second-order valence-electron chi connectivity index (χ2n) is 10.9. The van der Waals surface area contributed by atoms with E-state index in [2.05, 4.69) is 14.5 Å². The molecule has 1 saturated heterocycles. The van der Waals surface area contributed by atoms with Crippen molar-refractivity contribution in [1.29, 1.82) is 0 Å².